The van der Waals surface area contributed by atoms with Gasteiger partial charge < -0.3 is 4.74 Å². The summed E-state index contributed by atoms with van der Waals surface area (Å²) >= 11 is -0.326. The number of thiol groups is 1. The Labute approximate surface area is 162 Å². The van der Waals surface area contributed by atoms with E-state index in [0.29, 0.717) is 6.61 Å². The van der Waals surface area contributed by atoms with Crippen LogP contribution in [-0.2, 0) is 17.8 Å². The molecular weight excluding hydrogens is 338 g/mol. The molecule has 0 aliphatic heterocycles. The van der Waals surface area contributed by atoms with Crippen LogP contribution in [0.3, 0.4) is 0 Å². The Balaban J connectivity index is 2.18. The Morgan fingerprint density at radius 2 is 1.65 bits per heavy atom. The summed E-state index contributed by atoms with van der Waals surface area (Å²) in [7, 11) is 0. The van der Waals surface area contributed by atoms with Gasteiger partial charge in [-0.1, -0.05) is 82.3 Å². The van der Waals surface area contributed by atoms with Gasteiger partial charge >= 0.3 is 0 Å². The fourth-order valence-electron chi connectivity index (χ4n) is 2.76. The van der Waals surface area contributed by atoms with Gasteiger partial charge in [0, 0.05) is 4.75 Å². The Bertz CT molecular complexity index is 665. The molecule has 0 saturated carbocycles. The molecular formula is C23H35NOS. The van der Waals surface area contributed by atoms with E-state index in [9.17, 15) is 0 Å². The van der Waals surface area contributed by atoms with Gasteiger partial charge in [-0.2, -0.15) is 11.1 Å². The van der Waals surface area contributed by atoms with Gasteiger partial charge in [0.15, 0.2) is 0 Å². The molecule has 2 aromatic carbocycles. The summed E-state index contributed by atoms with van der Waals surface area (Å²) in [6.45, 7) is 12.0. The number of hydrogen-bond acceptors (Lipinski definition) is 2. The van der Waals surface area contributed by atoms with E-state index in [0.717, 1.165) is 6.42 Å². The minimum Gasteiger partial charge on any atom is -0.372 e. The SMILES string of the molecule is CCc1cccc([C@H](N[SH](C)C(C)(C)C)[C@H](C)OCc2ccccc2)c1. The van der Waals surface area contributed by atoms with Gasteiger partial charge in [0.05, 0.1) is 18.8 Å². The van der Waals surface area contributed by atoms with Crippen molar-refractivity contribution >= 4 is 11.1 Å². The fourth-order valence-corrected chi connectivity index (χ4v) is 3.92. The van der Waals surface area contributed by atoms with E-state index < -0.39 is 0 Å². The van der Waals surface area contributed by atoms with Crippen molar-refractivity contribution in [2.24, 2.45) is 0 Å². The predicted molar refractivity (Wildman–Crippen MR) is 117 cm³/mol. The molecule has 0 radical (unpaired) electrons. The molecule has 0 amide bonds. The third kappa shape index (κ3) is 6.15. The Morgan fingerprint density at radius 1 is 1.00 bits per heavy atom. The highest BCUT2D eigenvalue weighted by Gasteiger charge is 2.25. The van der Waals surface area contributed by atoms with E-state index in [1.807, 2.05) is 6.07 Å². The number of nitrogens with one attached hydrogen (secondary N) is 1. The second kappa shape index (κ2) is 9.59. The molecule has 0 aromatic heterocycles. The van der Waals surface area contributed by atoms with Gasteiger partial charge in [0.2, 0.25) is 0 Å². The van der Waals surface area contributed by atoms with Crippen LogP contribution in [0.1, 0.15) is 57.4 Å². The minimum atomic E-state index is -0.326. The predicted octanol–water partition coefficient (Wildman–Crippen LogP) is 5.83. The molecule has 0 fully saturated rings. The molecule has 2 nitrogen and oxygen atoms in total. The van der Waals surface area contributed by atoms with Crippen molar-refractivity contribution in [1.82, 2.24) is 4.72 Å². The van der Waals surface area contributed by atoms with Crippen molar-refractivity contribution in [3.63, 3.8) is 0 Å². The van der Waals surface area contributed by atoms with Crippen LogP contribution in [0.15, 0.2) is 54.6 Å². The zero-order valence-corrected chi connectivity index (χ0v) is 18.0. The number of benzene rings is 2. The quantitative estimate of drug-likeness (QED) is 0.568. The van der Waals surface area contributed by atoms with Crippen molar-refractivity contribution in [2.75, 3.05) is 6.26 Å². The normalized spacial score (nSPS) is 16.2. The molecule has 144 valence electrons. The lowest BCUT2D eigenvalue weighted by Crippen LogP contribution is -2.34. The number of ether oxygens (including phenoxy) is 1. The highest BCUT2D eigenvalue weighted by molar-refractivity contribution is 8.15. The summed E-state index contributed by atoms with van der Waals surface area (Å²) in [5.74, 6) is 0. The molecule has 3 atom stereocenters. The summed E-state index contributed by atoms with van der Waals surface area (Å²) in [4.78, 5) is 0. The summed E-state index contributed by atoms with van der Waals surface area (Å²) in [5.41, 5.74) is 3.92. The molecule has 0 aliphatic carbocycles. The first-order valence-corrected chi connectivity index (χ1v) is 11.3. The largest absolute Gasteiger partial charge is 0.372 e. The fraction of sp³-hybridized carbons (Fsp3) is 0.478. The molecule has 0 aliphatic rings. The minimum absolute atomic E-state index is 0.0922. The smallest absolute Gasteiger partial charge is 0.0753 e. The van der Waals surface area contributed by atoms with Crippen LogP contribution in [0.5, 0.6) is 0 Å². The van der Waals surface area contributed by atoms with Gasteiger partial charge in [-0.25, -0.2) is 0 Å². The van der Waals surface area contributed by atoms with E-state index in [1.54, 1.807) is 0 Å². The van der Waals surface area contributed by atoms with Crippen molar-refractivity contribution < 1.29 is 4.74 Å². The first-order chi connectivity index (χ1) is 12.3. The third-order valence-electron chi connectivity index (χ3n) is 4.88. The molecule has 1 unspecified atom stereocenters. The highest BCUT2D eigenvalue weighted by atomic mass is 32.2. The molecule has 0 spiro atoms. The van der Waals surface area contributed by atoms with Crippen molar-refractivity contribution in [1.29, 1.82) is 0 Å². The van der Waals surface area contributed by atoms with Crippen molar-refractivity contribution in [2.45, 2.75) is 64.5 Å². The molecule has 3 heteroatoms. The highest BCUT2D eigenvalue weighted by Crippen LogP contribution is 2.37. The lowest BCUT2D eigenvalue weighted by Gasteiger charge is -2.38. The monoisotopic (exact) mass is 373 g/mol. The molecule has 2 aromatic rings. The summed E-state index contributed by atoms with van der Waals surface area (Å²) in [6, 6.07) is 19.5. The summed E-state index contributed by atoms with van der Waals surface area (Å²) in [6.07, 6.45) is 3.48. The van der Waals surface area contributed by atoms with Crippen LogP contribution in [0.4, 0.5) is 0 Å². The van der Waals surface area contributed by atoms with Crippen LogP contribution >= 0.6 is 11.1 Å². The summed E-state index contributed by atoms with van der Waals surface area (Å²) < 4.78 is 10.4. The van der Waals surface area contributed by atoms with Crippen molar-refractivity contribution in [3.8, 4) is 0 Å². The number of hydrogen-bond donors (Lipinski definition) is 2. The van der Waals surface area contributed by atoms with Crippen LogP contribution in [-0.4, -0.2) is 17.1 Å². The number of aryl methyl sites for hydroxylation is 1. The van der Waals surface area contributed by atoms with Crippen LogP contribution < -0.4 is 4.72 Å². The molecule has 0 heterocycles. The standard InChI is InChI=1S/C23H35NOS/c1-7-19-14-11-15-21(16-19)22(24-26(6)23(3,4)5)18(2)25-17-20-12-9-8-10-13-20/h8-16,18,22,24,26H,7,17H2,1-6H3/t18-,22+/m0/s1. The Kier molecular flexibility index (Phi) is 7.75. The zero-order chi connectivity index (χ0) is 19.2. The van der Waals surface area contributed by atoms with Gasteiger partial charge in [-0.15, -0.1) is 0 Å². The Morgan fingerprint density at radius 3 is 2.27 bits per heavy atom. The van der Waals surface area contributed by atoms with Gasteiger partial charge in [0.1, 0.15) is 0 Å². The van der Waals surface area contributed by atoms with Crippen LogP contribution in [0.25, 0.3) is 0 Å². The van der Waals surface area contributed by atoms with E-state index in [2.05, 4.69) is 94.1 Å². The first-order valence-electron chi connectivity index (χ1n) is 9.55. The lowest BCUT2D eigenvalue weighted by molar-refractivity contribution is 0.0323. The maximum absolute atomic E-state index is 6.28. The van der Waals surface area contributed by atoms with Crippen LogP contribution in [0, 0.1) is 0 Å². The van der Waals surface area contributed by atoms with Gasteiger partial charge in [0.25, 0.3) is 0 Å². The maximum Gasteiger partial charge on any atom is 0.0753 e. The van der Waals surface area contributed by atoms with Gasteiger partial charge in [-0.05, 0) is 36.3 Å². The van der Waals surface area contributed by atoms with Crippen molar-refractivity contribution in [3.05, 3.63) is 71.3 Å². The average molecular weight is 374 g/mol. The van der Waals surface area contributed by atoms with E-state index in [4.69, 9.17) is 4.74 Å². The lowest BCUT2D eigenvalue weighted by atomic mass is 10.00. The first kappa shape index (κ1) is 21.0. The topological polar surface area (TPSA) is 21.3 Å². The second-order valence-corrected chi connectivity index (χ2v) is 10.7. The summed E-state index contributed by atoms with van der Waals surface area (Å²) in [5, 5.41) is 0. The molecule has 0 bridgehead atoms. The van der Waals surface area contributed by atoms with E-state index >= 15 is 0 Å². The molecule has 1 N–H and O–H groups in total. The van der Waals surface area contributed by atoms with Gasteiger partial charge in [-0.3, -0.25) is 4.72 Å². The third-order valence-corrected chi connectivity index (χ3v) is 7.56. The van der Waals surface area contributed by atoms with E-state index in [-0.39, 0.29) is 28.0 Å². The Hall–Kier alpha value is -1.29. The maximum atomic E-state index is 6.28. The van der Waals surface area contributed by atoms with Crippen LogP contribution in [0.2, 0.25) is 0 Å². The molecule has 2 rings (SSSR count). The average Bonchev–Trinajstić information content (AvgIpc) is 2.64. The molecule has 26 heavy (non-hydrogen) atoms. The number of rotatable bonds is 8. The molecule has 0 saturated heterocycles. The zero-order valence-electron chi connectivity index (χ0n) is 17.1. The van der Waals surface area contributed by atoms with E-state index in [1.165, 1.54) is 16.7 Å². The second-order valence-electron chi connectivity index (χ2n) is 7.94.